The number of aromatic nitrogens is 1. The molecule has 146 valence electrons. The molecule has 0 aliphatic rings. The Hall–Kier alpha value is -3.54. The van der Waals surface area contributed by atoms with Crippen LogP contribution in [0.2, 0.25) is 0 Å². The van der Waals surface area contributed by atoms with Crippen LogP contribution >= 0.6 is 0 Å². The van der Waals surface area contributed by atoms with E-state index in [4.69, 9.17) is 14.6 Å². The van der Waals surface area contributed by atoms with Gasteiger partial charge in [0.1, 0.15) is 26.0 Å². The first-order valence-electron chi connectivity index (χ1n) is 9.29. The number of aliphatic carboxylic acids is 1. The van der Waals surface area contributed by atoms with Gasteiger partial charge in [0.05, 0.1) is 5.69 Å². The summed E-state index contributed by atoms with van der Waals surface area (Å²) in [5.41, 5.74) is 4.98. The Labute approximate surface area is 171 Å². The summed E-state index contributed by atoms with van der Waals surface area (Å²) in [5.74, 6) is 0.211. The van der Waals surface area contributed by atoms with Crippen LogP contribution in [0.25, 0.3) is 5.57 Å². The van der Waals surface area contributed by atoms with E-state index < -0.39 is 5.97 Å². The Morgan fingerprint density at radius 2 is 1.90 bits per heavy atom. The first-order valence-corrected chi connectivity index (χ1v) is 9.29. The molecular weight excluding hydrogens is 365 g/mol. The highest BCUT2D eigenvalue weighted by molar-refractivity contribution is 6.32. The van der Waals surface area contributed by atoms with Crippen molar-refractivity contribution in [1.82, 2.24) is 4.98 Å². The lowest BCUT2D eigenvalue weighted by Gasteiger charge is -2.11. The zero-order chi connectivity index (χ0) is 20.6. The Bertz CT molecular complexity index is 1000. The first kappa shape index (κ1) is 20.2. The minimum atomic E-state index is -1.01. The van der Waals surface area contributed by atoms with E-state index in [1.165, 1.54) is 5.46 Å². The third-order valence-electron chi connectivity index (χ3n) is 4.34. The second-order valence-corrected chi connectivity index (χ2v) is 6.62. The Kier molecular flexibility index (Phi) is 6.69. The minimum absolute atomic E-state index is 0.367. The van der Waals surface area contributed by atoms with Crippen molar-refractivity contribution < 1.29 is 19.4 Å². The molecule has 5 nitrogen and oxygen atoms in total. The van der Waals surface area contributed by atoms with Gasteiger partial charge in [-0.3, -0.25) is 4.98 Å². The molecule has 3 rings (SSSR count). The molecule has 6 heteroatoms. The molecule has 0 aliphatic heterocycles. The van der Waals surface area contributed by atoms with Crippen molar-refractivity contribution in [3.63, 3.8) is 0 Å². The van der Waals surface area contributed by atoms with Gasteiger partial charge in [-0.15, -0.1) is 0 Å². The van der Waals surface area contributed by atoms with E-state index in [9.17, 15) is 4.79 Å². The van der Waals surface area contributed by atoms with Crippen LogP contribution in [0.15, 0.2) is 72.9 Å². The third-order valence-corrected chi connectivity index (χ3v) is 4.34. The smallest absolute Gasteiger partial charge is 0.341 e. The maximum Gasteiger partial charge on any atom is 0.341 e. The highest BCUT2D eigenvalue weighted by atomic mass is 16.5. The topological polar surface area (TPSA) is 68.7 Å². The molecule has 1 heterocycles. The number of carboxylic acid groups (broad SMARTS) is 1. The molecule has 0 aliphatic carbocycles. The fourth-order valence-corrected chi connectivity index (χ4v) is 2.86. The van der Waals surface area contributed by atoms with Crippen LogP contribution in [-0.2, 0) is 4.79 Å². The third kappa shape index (κ3) is 5.72. The number of aryl methyl sites for hydroxylation is 1. The average Bonchev–Trinajstić information content (AvgIpc) is 2.72. The molecule has 0 amide bonds. The van der Waals surface area contributed by atoms with Crippen LogP contribution in [0.5, 0.6) is 11.5 Å². The Morgan fingerprint density at radius 1 is 1.10 bits per heavy atom. The molecular formula is C23H22BNO4. The van der Waals surface area contributed by atoms with E-state index >= 15 is 0 Å². The predicted octanol–water partition coefficient (Wildman–Crippen LogP) is 2.62. The van der Waals surface area contributed by atoms with Gasteiger partial charge in [0.2, 0.25) is 0 Å². The molecule has 2 aromatic carbocycles. The maximum atomic E-state index is 10.6. The van der Waals surface area contributed by atoms with Crippen molar-refractivity contribution in [1.29, 1.82) is 0 Å². The van der Waals surface area contributed by atoms with Crippen LogP contribution in [0, 0.1) is 6.92 Å². The zero-order valence-corrected chi connectivity index (χ0v) is 16.5. The summed E-state index contributed by atoms with van der Waals surface area (Å²) in [5, 5.41) is 8.73. The predicted molar refractivity (Wildman–Crippen MR) is 116 cm³/mol. The van der Waals surface area contributed by atoms with Gasteiger partial charge in [-0.1, -0.05) is 35.8 Å². The summed E-state index contributed by atoms with van der Waals surface area (Å²) in [6.07, 6.45) is 3.79. The second-order valence-electron chi connectivity index (χ2n) is 6.62. The van der Waals surface area contributed by atoms with Crippen molar-refractivity contribution in [3.05, 3.63) is 89.8 Å². The molecule has 0 fully saturated rings. The largest absolute Gasteiger partial charge is 0.489 e. The highest BCUT2D eigenvalue weighted by Gasteiger charge is 2.07. The minimum Gasteiger partial charge on any atom is -0.489 e. The average molecular weight is 387 g/mol. The monoisotopic (exact) mass is 387 g/mol. The molecule has 0 bridgehead atoms. The Morgan fingerprint density at radius 3 is 2.55 bits per heavy atom. The quantitative estimate of drug-likeness (QED) is 0.602. The molecule has 0 spiro atoms. The van der Waals surface area contributed by atoms with Crippen LogP contribution in [0.4, 0.5) is 0 Å². The van der Waals surface area contributed by atoms with Crippen LogP contribution in [0.1, 0.15) is 16.8 Å². The van der Waals surface area contributed by atoms with Crippen molar-refractivity contribution in [3.8, 4) is 11.5 Å². The van der Waals surface area contributed by atoms with Crippen molar-refractivity contribution in [2.24, 2.45) is 0 Å². The van der Waals surface area contributed by atoms with Gasteiger partial charge in [-0.2, -0.15) is 0 Å². The molecule has 1 aromatic heterocycles. The first-order chi connectivity index (χ1) is 14.0. The number of carbonyl (C=O) groups is 1. The number of hydrogen-bond acceptors (Lipinski definition) is 4. The summed E-state index contributed by atoms with van der Waals surface area (Å²) >= 11 is 0. The summed E-state index contributed by atoms with van der Waals surface area (Å²) in [7, 11) is 2.06. The summed E-state index contributed by atoms with van der Waals surface area (Å²) in [6.45, 7) is 1.85. The van der Waals surface area contributed by atoms with Gasteiger partial charge < -0.3 is 14.6 Å². The van der Waals surface area contributed by atoms with Gasteiger partial charge in [0.25, 0.3) is 0 Å². The molecule has 0 saturated heterocycles. The number of rotatable bonds is 8. The number of benzene rings is 2. The molecule has 0 radical (unpaired) electrons. The Balaban J connectivity index is 1.75. The summed E-state index contributed by atoms with van der Waals surface area (Å²) in [4.78, 5) is 15.1. The van der Waals surface area contributed by atoms with Gasteiger partial charge in [-0.05, 0) is 54.5 Å². The number of carboxylic acids is 1. The number of pyridine rings is 1. The molecule has 0 atom stereocenters. The van der Waals surface area contributed by atoms with Gasteiger partial charge in [-0.25, -0.2) is 4.79 Å². The molecule has 0 saturated carbocycles. The van der Waals surface area contributed by atoms with Gasteiger partial charge in [0.15, 0.2) is 6.61 Å². The van der Waals surface area contributed by atoms with Crippen LogP contribution < -0.4 is 14.9 Å². The standard InChI is InChI=1S/C23H22BNO4/c1-16-14-19(9-10-22(16)29-15-23(26)27)28-13-11-20(21-4-2-3-12-25-21)17-5-7-18(24)8-6-17/h2-12,14H,13,15,24H2,1H3,(H,26,27)/b20-11-. The zero-order valence-electron chi connectivity index (χ0n) is 16.5. The SMILES string of the molecule is Bc1ccc(/C(=C/COc2ccc(OCC(=O)O)c(C)c2)c2ccccn2)cc1. The molecule has 1 N–H and O–H groups in total. The number of hydrogen-bond donors (Lipinski definition) is 1. The number of ether oxygens (including phenoxy) is 2. The van der Waals surface area contributed by atoms with Crippen LogP contribution in [0.3, 0.4) is 0 Å². The number of nitrogens with zero attached hydrogens (tertiary/aromatic N) is 1. The highest BCUT2D eigenvalue weighted by Crippen LogP contribution is 2.24. The van der Waals surface area contributed by atoms with E-state index in [0.717, 1.165) is 22.4 Å². The maximum absolute atomic E-state index is 10.6. The summed E-state index contributed by atoms with van der Waals surface area (Å²) in [6, 6.07) is 19.5. The van der Waals surface area contributed by atoms with Crippen molar-refractivity contribution in [2.45, 2.75) is 6.92 Å². The van der Waals surface area contributed by atoms with Gasteiger partial charge >= 0.3 is 5.97 Å². The molecule has 29 heavy (non-hydrogen) atoms. The van der Waals surface area contributed by atoms with Crippen molar-refractivity contribution >= 4 is 24.9 Å². The van der Waals surface area contributed by atoms with E-state index in [1.54, 1.807) is 18.3 Å². The van der Waals surface area contributed by atoms with Crippen LogP contribution in [-0.4, -0.2) is 37.1 Å². The summed E-state index contributed by atoms with van der Waals surface area (Å²) < 4.78 is 11.1. The molecule has 0 unspecified atom stereocenters. The van der Waals surface area contributed by atoms with Gasteiger partial charge in [0, 0.05) is 11.8 Å². The van der Waals surface area contributed by atoms with E-state index in [2.05, 4.69) is 37.1 Å². The van der Waals surface area contributed by atoms with E-state index in [1.807, 2.05) is 37.3 Å². The molecule has 3 aromatic rings. The fraction of sp³-hybridized carbons (Fsp3) is 0.130. The lowest BCUT2D eigenvalue weighted by molar-refractivity contribution is -0.139. The second kappa shape index (κ2) is 9.60. The van der Waals surface area contributed by atoms with E-state index in [-0.39, 0.29) is 6.61 Å². The van der Waals surface area contributed by atoms with Crippen molar-refractivity contribution in [2.75, 3.05) is 13.2 Å². The fourth-order valence-electron chi connectivity index (χ4n) is 2.86. The lowest BCUT2D eigenvalue weighted by Crippen LogP contribution is -2.10. The van der Waals surface area contributed by atoms with E-state index in [0.29, 0.717) is 18.1 Å². The normalized spacial score (nSPS) is 11.1. The lowest BCUT2D eigenvalue weighted by atomic mass is 9.93.